The van der Waals surface area contributed by atoms with Crippen LogP contribution in [0.5, 0.6) is 0 Å². The van der Waals surface area contributed by atoms with Crippen LogP contribution in [0.15, 0.2) is 103 Å². The number of hydrogen-bond donors (Lipinski definition) is 1. The van der Waals surface area contributed by atoms with Crippen molar-refractivity contribution < 1.29 is 14.3 Å². The molecule has 0 unspecified atom stereocenters. The average molecular weight is 568 g/mol. The Labute approximate surface area is 251 Å². The first-order chi connectivity index (χ1) is 21.1. The molecule has 0 atom stereocenters. The van der Waals surface area contributed by atoms with Crippen LogP contribution in [0.3, 0.4) is 0 Å². The normalized spacial score (nSPS) is 14.6. The highest BCUT2D eigenvalue weighted by Crippen LogP contribution is 2.25. The monoisotopic (exact) mass is 567 g/mol. The van der Waals surface area contributed by atoms with Crippen LogP contribution in [0.4, 0.5) is 5.69 Å². The number of ketones is 1. The molecule has 43 heavy (non-hydrogen) atoms. The summed E-state index contributed by atoms with van der Waals surface area (Å²) in [6.07, 6.45) is 7.64. The number of rotatable bonds is 8. The number of fused-ring (bicyclic) bond motifs is 2. The molecule has 6 nitrogen and oxygen atoms in total. The van der Waals surface area contributed by atoms with E-state index in [9.17, 15) is 9.59 Å². The number of anilines is 1. The molecule has 4 aromatic carbocycles. The number of aromatic nitrogens is 1. The van der Waals surface area contributed by atoms with Gasteiger partial charge in [0.2, 0.25) is 0 Å². The lowest BCUT2D eigenvalue weighted by Crippen LogP contribution is -2.35. The van der Waals surface area contributed by atoms with Crippen molar-refractivity contribution in [1.29, 1.82) is 0 Å². The molecule has 5 aromatic rings. The number of ether oxygens (including phenoxy) is 1. The topological polar surface area (TPSA) is 63.6 Å². The molecule has 0 radical (unpaired) electrons. The largest absolute Gasteiger partial charge is 0.379 e. The van der Waals surface area contributed by atoms with Crippen LogP contribution in [-0.4, -0.2) is 47.5 Å². The summed E-state index contributed by atoms with van der Waals surface area (Å²) in [5.41, 5.74) is 8.86. The highest BCUT2D eigenvalue weighted by atomic mass is 16.5. The lowest BCUT2D eigenvalue weighted by Gasteiger charge is -2.26. The minimum Gasteiger partial charge on any atom is -0.379 e. The smallest absolute Gasteiger partial charge is 0.255 e. The number of nitrogens with one attached hydrogen (secondary N) is 1. The molecule has 1 saturated heterocycles. The molecule has 0 bridgehead atoms. The Kier molecular flexibility index (Phi) is 7.46. The zero-order valence-corrected chi connectivity index (χ0v) is 24.0. The van der Waals surface area contributed by atoms with Crippen molar-refractivity contribution in [3.05, 3.63) is 137 Å². The summed E-state index contributed by atoms with van der Waals surface area (Å²) in [5, 5.41) is 4.06. The number of morpholine rings is 1. The van der Waals surface area contributed by atoms with E-state index in [1.165, 1.54) is 16.7 Å². The number of hydrogen-bond acceptors (Lipinski definition) is 4. The molecule has 6 heteroatoms. The van der Waals surface area contributed by atoms with Gasteiger partial charge in [0.15, 0.2) is 5.78 Å². The molecule has 0 spiro atoms. The summed E-state index contributed by atoms with van der Waals surface area (Å²) < 4.78 is 7.52. The molecule has 2 heterocycles. The molecule has 1 aliphatic carbocycles. The molecule has 214 valence electrons. The van der Waals surface area contributed by atoms with Gasteiger partial charge in [-0.3, -0.25) is 14.5 Å². The Hall–Kier alpha value is -4.78. The number of carbonyl (C=O) groups excluding carboxylic acids is 2. The second-order valence-corrected chi connectivity index (χ2v) is 11.3. The lowest BCUT2D eigenvalue weighted by molar-refractivity contribution is 0.0342. The maximum Gasteiger partial charge on any atom is 0.255 e. The van der Waals surface area contributed by atoms with Gasteiger partial charge >= 0.3 is 0 Å². The van der Waals surface area contributed by atoms with E-state index in [1.807, 2.05) is 85.1 Å². The van der Waals surface area contributed by atoms with Gasteiger partial charge in [0.05, 0.1) is 18.7 Å². The lowest BCUT2D eigenvalue weighted by atomic mass is 9.99. The van der Waals surface area contributed by atoms with Gasteiger partial charge in [0, 0.05) is 60.1 Å². The summed E-state index contributed by atoms with van der Waals surface area (Å²) in [5.74, 6) is -0.0181. The van der Waals surface area contributed by atoms with Crippen LogP contribution < -0.4 is 5.32 Å². The summed E-state index contributed by atoms with van der Waals surface area (Å²) in [6.45, 7) is 4.29. The average Bonchev–Trinajstić information content (AvgIpc) is 3.69. The zero-order valence-electron chi connectivity index (χ0n) is 24.0. The summed E-state index contributed by atoms with van der Waals surface area (Å²) >= 11 is 0. The van der Waals surface area contributed by atoms with Crippen molar-refractivity contribution >= 4 is 34.4 Å². The first-order valence-electron chi connectivity index (χ1n) is 14.8. The van der Waals surface area contributed by atoms with Gasteiger partial charge in [-0.2, -0.15) is 0 Å². The first-order valence-corrected chi connectivity index (χ1v) is 14.8. The van der Waals surface area contributed by atoms with Gasteiger partial charge in [0.25, 0.3) is 5.91 Å². The molecule has 1 amide bonds. The van der Waals surface area contributed by atoms with Crippen LogP contribution in [0.2, 0.25) is 0 Å². The maximum atomic E-state index is 13.0. The van der Waals surface area contributed by atoms with E-state index in [1.54, 1.807) is 0 Å². The van der Waals surface area contributed by atoms with Crippen molar-refractivity contribution in [3.8, 4) is 5.69 Å². The van der Waals surface area contributed by atoms with Gasteiger partial charge in [-0.1, -0.05) is 42.5 Å². The minimum absolute atomic E-state index is 0.113. The van der Waals surface area contributed by atoms with E-state index in [4.69, 9.17) is 4.74 Å². The second-order valence-electron chi connectivity index (χ2n) is 11.3. The number of amides is 1. The molecular formula is C37H33N3O3. The molecule has 2 aliphatic rings. The fourth-order valence-electron chi connectivity index (χ4n) is 5.94. The van der Waals surface area contributed by atoms with Gasteiger partial charge in [-0.15, -0.1) is 0 Å². The van der Waals surface area contributed by atoms with Gasteiger partial charge in [0.1, 0.15) is 0 Å². The van der Waals surface area contributed by atoms with E-state index in [-0.39, 0.29) is 11.7 Å². The number of nitrogens with zero attached hydrogens (tertiary/aromatic N) is 2. The second kappa shape index (κ2) is 11.8. The third-order valence-electron chi connectivity index (χ3n) is 8.35. The molecule has 1 aliphatic heterocycles. The predicted molar refractivity (Wildman–Crippen MR) is 171 cm³/mol. The van der Waals surface area contributed by atoms with Crippen LogP contribution >= 0.6 is 0 Å². The Balaban J connectivity index is 0.997. The Morgan fingerprint density at radius 1 is 0.791 bits per heavy atom. The van der Waals surface area contributed by atoms with Gasteiger partial charge in [-0.25, -0.2) is 0 Å². The van der Waals surface area contributed by atoms with Crippen molar-refractivity contribution in [1.82, 2.24) is 9.47 Å². The zero-order chi connectivity index (χ0) is 29.2. The van der Waals surface area contributed by atoms with Crippen LogP contribution in [0.1, 0.15) is 43.0 Å². The van der Waals surface area contributed by atoms with Crippen LogP contribution in [-0.2, 0) is 24.1 Å². The number of Topliss-reactive ketones (excluding diaryl/α,β-unsaturated/α-hetero) is 1. The summed E-state index contributed by atoms with van der Waals surface area (Å²) in [4.78, 5) is 28.3. The highest BCUT2D eigenvalue weighted by molar-refractivity contribution is 6.05. The van der Waals surface area contributed by atoms with E-state index in [0.29, 0.717) is 17.5 Å². The van der Waals surface area contributed by atoms with E-state index >= 15 is 0 Å². The number of carbonyl (C=O) groups is 2. The molecule has 1 fully saturated rings. The van der Waals surface area contributed by atoms with E-state index in [0.717, 1.165) is 67.1 Å². The molecule has 1 aromatic heterocycles. The van der Waals surface area contributed by atoms with Crippen LogP contribution in [0, 0.1) is 0 Å². The maximum absolute atomic E-state index is 13.0. The third-order valence-corrected chi connectivity index (χ3v) is 8.35. The Morgan fingerprint density at radius 3 is 2.37 bits per heavy atom. The summed E-state index contributed by atoms with van der Waals surface area (Å²) in [6, 6.07) is 29.8. The van der Waals surface area contributed by atoms with E-state index < -0.39 is 0 Å². The van der Waals surface area contributed by atoms with Gasteiger partial charge < -0.3 is 14.6 Å². The predicted octanol–water partition coefficient (Wildman–Crippen LogP) is 6.71. The first kappa shape index (κ1) is 27.1. The molecule has 7 rings (SSSR count). The van der Waals surface area contributed by atoms with Crippen molar-refractivity contribution in [2.75, 3.05) is 31.6 Å². The third kappa shape index (κ3) is 5.93. The van der Waals surface area contributed by atoms with Crippen molar-refractivity contribution in [2.24, 2.45) is 0 Å². The quantitative estimate of drug-likeness (QED) is 0.212. The number of benzene rings is 4. The molecular weight excluding hydrogens is 534 g/mol. The Morgan fingerprint density at radius 2 is 1.56 bits per heavy atom. The number of allylic oxidation sites excluding steroid dienone is 1. The SMILES string of the molecule is O=C(Cc1ccc2c(c1)CC=C2)c1ccc(-n2ccc3cc(NC(=O)c4ccc(CN5CCOCC5)cc4)ccc32)cc1. The fraction of sp³-hybridized carbons (Fsp3) is 0.189. The van der Waals surface area contributed by atoms with E-state index in [2.05, 4.69) is 39.1 Å². The molecule has 0 saturated carbocycles. The van der Waals surface area contributed by atoms with Crippen molar-refractivity contribution in [2.45, 2.75) is 19.4 Å². The minimum atomic E-state index is -0.131. The molecule has 1 N–H and O–H groups in total. The van der Waals surface area contributed by atoms with Gasteiger partial charge in [-0.05, 0) is 89.3 Å². The standard InChI is InChI=1S/C37H33N3O3/c41-36(23-27-6-7-28-2-1-3-31(28)22-27)29-10-13-34(14-11-29)40-17-16-32-24-33(12-15-35(32)40)38-37(42)30-8-4-26(5-9-30)25-39-18-20-43-21-19-39/h1-2,4-17,22,24H,3,18-21,23,25H2,(H,38,42). The van der Waals surface area contributed by atoms with Crippen molar-refractivity contribution in [3.63, 3.8) is 0 Å². The van der Waals surface area contributed by atoms with Crippen LogP contribution in [0.25, 0.3) is 22.7 Å². The fourth-order valence-corrected chi connectivity index (χ4v) is 5.94. The summed E-state index contributed by atoms with van der Waals surface area (Å²) in [7, 11) is 0. The Bertz CT molecular complexity index is 1830. The highest BCUT2D eigenvalue weighted by Gasteiger charge is 2.14.